The predicted molar refractivity (Wildman–Crippen MR) is 37.4 cm³/mol. The number of ether oxygens (including phenoxy) is 1. The maximum absolute atomic E-state index is 8.71. The third kappa shape index (κ3) is 4.43. The molecule has 0 rings (SSSR count). The smallest absolute Gasteiger partial charge is 0.0512 e. The van der Waals surface area contributed by atoms with Gasteiger partial charge in [-0.3, -0.25) is 0 Å². The van der Waals surface area contributed by atoms with Gasteiger partial charge in [-0.15, -0.1) is 0 Å². The summed E-state index contributed by atoms with van der Waals surface area (Å²) in [5.74, 6) is 0.347. The highest BCUT2D eigenvalue weighted by Gasteiger charge is 2.03. The average molecular weight is 132 g/mol. The van der Waals surface area contributed by atoms with E-state index in [1.54, 1.807) is 7.11 Å². The molecule has 0 aromatic heterocycles. The number of methoxy groups -OCH3 is 1. The fourth-order valence-corrected chi connectivity index (χ4v) is 0.871. The van der Waals surface area contributed by atoms with Crippen LogP contribution < -0.4 is 0 Å². The van der Waals surface area contributed by atoms with Gasteiger partial charge in [0.2, 0.25) is 0 Å². The summed E-state index contributed by atoms with van der Waals surface area (Å²) in [6.07, 6.45) is 2.18. The van der Waals surface area contributed by atoms with E-state index >= 15 is 0 Å². The lowest BCUT2D eigenvalue weighted by Crippen LogP contribution is -2.11. The zero-order valence-corrected chi connectivity index (χ0v) is 6.26. The standard InChI is InChI=1S/C7H16O2/c1-3-4-7(5-8)6-9-2/h7-8H,3-6H2,1-2H3. The van der Waals surface area contributed by atoms with Crippen LogP contribution in [0, 0.1) is 5.92 Å². The lowest BCUT2D eigenvalue weighted by Gasteiger charge is -2.09. The lowest BCUT2D eigenvalue weighted by atomic mass is 10.1. The van der Waals surface area contributed by atoms with Gasteiger partial charge >= 0.3 is 0 Å². The highest BCUT2D eigenvalue weighted by atomic mass is 16.5. The molecule has 0 amide bonds. The molecule has 1 unspecified atom stereocenters. The first-order chi connectivity index (χ1) is 4.35. The van der Waals surface area contributed by atoms with E-state index < -0.39 is 0 Å². The van der Waals surface area contributed by atoms with Gasteiger partial charge < -0.3 is 9.84 Å². The number of hydrogen-bond donors (Lipinski definition) is 1. The summed E-state index contributed by atoms with van der Waals surface area (Å²) in [4.78, 5) is 0. The Labute approximate surface area is 56.8 Å². The zero-order valence-electron chi connectivity index (χ0n) is 6.26. The van der Waals surface area contributed by atoms with Gasteiger partial charge in [-0.1, -0.05) is 13.3 Å². The van der Waals surface area contributed by atoms with Crippen molar-refractivity contribution >= 4 is 0 Å². The van der Waals surface area contributed by atoms with E-state index in [0.717, 1.165) is 12.8 Å². The van der Waals surface area contributed by atoms with Crippen LogP contribution in [0.25, 0.3) is 0 Å². The van der Waals surface area contributed by atoms with Crippen molar-refractivity contribution in [1.29, 1.82) is 0 Å². The van der Waals surface area contributed by atoms with Crippen molar-refractivity contribution < 1.29 is 9.84 Å². The Balaban J connectivity index is 3.18. The Kier molecular flexibility index (Phi) is 5.99. The minimum absolute atomic E-state index is 0.252. The van der Waals surface area contributed by atoms with E-state index in [1.807, 2.05) is 0 Å². The Morgan fingerprint density at radius 3 is 2.56 bits per heavy atom. The fraction of sp³-hybridized carbons (Fsp3) is 1.00. The van der Waals surface area contributed by atoms with E-state index in [1.165, 1.54) is 0 Å². The zero-order chi connectivity index (χ0) is 7.11. The van der Waals surface area contributed by atoms with E-state index in [0.29, 0.717) is 12.5 Å². The van der Waals surface area contributed by atoms with Gasteiger partial charge in [0.05, 0.1) is 6.61 Å². The number of aliphatic hydroxyl groups excluding tert-OH is 1. The molecule has 0 saturated carbocycles. The van der Waals surface area contributed by atoms with Crippen molar-refractivity contribution in [2.45, 2.75) is 19.8 Å². The molecule has 1 atom stereocenters. The van der Waals surface area contributed by atoms with Gasteiger partial charge in [-0.05, 0) is 6.42 Å². The van der Waals surface area contributed by atoms with Gasteiger partial charge in [0, 0.05) is 19.6 Å². The number of hydrogen-bond acceptors (Lipinski definition) is 2. The van der Waals surface area contributed by atoms with Gasteiger partial charge in [0.15, 0.2) is 0 Å². The van der Waals surface area contributed by atoms with Crippen molar-refractivity contribution in [1.82, 2.24) is 0 Å². The average Bonchev–Trinajstić information content (AvgIpc) is 1.88. The second-order valence-electron chi connectivity index (χ2n) is 2.29. The first-order valence-corrected chi connectivity index (χ1v) is 3.45. The minimum Gasteiger partial charge on any atom is -0.396 e. The normalized spacial score (nSPS) is 13.7. The van der Waals surface area contributed by atoms with Crippen LogP contribution in [0.1, 0.15) is 19.8 Å². The van der Waals surface area contributed by atoms with Crippen LogP contribution in [0.5, 0.6) is 0 Å². The summed E-state index contributed by atoms with van der Waals surface area (Å²) in [5.41, 5.74) is 0. The quantitative estimate of drug-likeness (QED) is 0.605. The highest BCUT2D eigenvalue weighted by molar-refractivity contribution is 4.53. The van der Waals surface area contributed by atoms with Gasteiger partial charge in [0.1, 0.15) is 0 Å². The van der Waals surface area contributed by atoms with E-state index in [9.17, 15) is 0 Å². The molecule has 9 heavy (non-hydrogen) atoms. The molecular weight excluding hydrogens is 116 g/mol. The molecule has 0 radical (unpaired) electrons. The van der Waals surface area contributed by atoms with Crippen LogP contribution in [0.3, 0.4) is 0 Å². The Hall–Kier alpha value is -0.0800. The first-order valence-electron chi connectivity index (χ1n) is 3.45. The van der Waals surface area contributed by atoms with Crippen LogP contribution in [-0.2, 0) is 4.74 Å². The molecule has 56 valence electrons. The van der Waals surface area contributed by atoms with Crippen molar-refractivity contribution in [2.24, 2.45) is 5.92 Å². The lowest BCUT2D eigenvalue weighted by molar-refractivity contribution is 0.105. The van der Waals surface area contributed by atoms with Crippen LogP contribution in [0.4, 0.5) is 0 Å². The summed E-state index contributed by atoms with van der Waals surface area (Å²) in [7, 11) is 1.66. The Bertz CT molecular complexity index is 48.9. The molecule has 0 aliphatic carbocycles. The molecule has 0 bridgehead atoms. The van der Waals surface area contributed by atoms with E-state index in [2.05, 4.69) is 6.92 Å². The van der Waals surface area contributed by atoms with Gasteiger partial charge in [-0.25, -0.2) is 0 Å². The number of rotatable bonds is 5. The molecule has 0 aromatic rings. The summed E-state index contributed by atoms with van der Waals surface area (Å²) >= 11 is 0. The van der Waals surface area contributed by atoms with Crippen molar-refractivity contribution in [3.63, 3.8) is 0 Å². The molecule has 0 aliphatic heterocycles. The Morgan fingerprint density at radius 1 is 1.56 bits per heavy atom. The molecule has 2 nitrogen and oxygen atoms in total. The highest BCUT2D eigenvalue weighted by Crippen LogP contribution is 2.04. The second-order valence-corrected chi connectivity index (χ2v) is 2.29. The van der Waals surface area contributed by atoms with E-state index in [-0.39, 0.29) is 6.61 Å². The summed E-state index contributed by atoms with van der Waals surface area (Å²) in [6, 6.07) is 0. The van der Waals surface area contributed by atoms with Crippen LogP contribution >= 0.6 is 0 Å². The molecule has 0 fully saturated rings. The van der Waals surface area contributed by atoms with Gasteiger partial charge in [0.25, 0.3) is 0 Å². The van der Waals surface area contributed by atoms with Crippen LogP contribution in [0.15, 0.2) is 0 Å². The van der Waals surface area contributed by atoms with E-state index in [4.69, 9.17) is 9.84 Å². The molecule has 1 N–H and O–H groups in total. The van der Waals surface area contributed by atoms with Gasteiger partial charge in [-0.2, -0.15) is 0 Å². The van der Waals surface area contributed by atoms with Crippen LogP contribution in [-0.4, -0.2) is 25.4 Å². The maximum Gasteiger partial charge on any atom is 0.0512 e. The first kappa shape index (κ1) is 8.92. The molecule has 2 heteroatoms. The van der Waals surface area contributed by atoms with Crippen molar-refractivity contribution in [3.8, 4) is 0 Å². The monoisotopic (exact) mass is 132 g/mol. The summed E-state index contributed by atoms with van der Waals surface area (Å²) in [5, 5.41) is 8.71. The fourth-order valence-electron chi connectivity index (χ4n) is 0.871. The third-order valence-corrected chi connectivity index (χ3v) is 1.36. The summed E-state index contributed by atoms with van der Waals surface area (Å²) in [6.45, 7) is 3.05. The predicted octanol–water partition coefficient (Wildman–Crippen LogP) is 1.04. The SMILES string of the molecule is CCCC(CO)COC. The Morgan fingerprint density at radius 2 is 2.22 bits per heavy atom. The minimum atomic E-state index is 0.252. The third-order valence-electron chi connectivity index (χ3n) is 1.36. The largest absolute Gasteiger partial charge is 0.396 e. The molecular formula is C7H16O2. The second kappa shape index (κ2) is 6.05. The number of aliphatic hydroxyl groups is 1. The summed E-state index contributed by atoms with van der Waals surface area (Å²) < 4.78 is 4.89. The van der Waals surface area contributed by atoms with Crippen molar-refractivity contribution in [3.05, 3.63) is 0 Å². The molecule has 0 aromatic carbocycles. The topological polar surface area (TPSA) is 29.5 Å². The van der Waals surface area contributed by atoms with Crippen LogP contribution in [0.2, 0.25) is 0 Å². The molecule has 0 heterocycles. The molecule has 0 spiro atoms. The van der Waals surface area contributed by atoms with Crippen molar-refractivity contribution in [2.75, 3.05) is 20.3 Å². The molecule has 0 saturated heterocycles. The maximum atomic E-state index is 8.71. The molecule has 0 aliphatic rings.